The monoisotopic (exact) mass is 256 g/mol. The van der Waals surface area contributed by atoms with Crippen LogP contribution in [0.2, 0.25) is 5.02 Å². The van der Waals surface area contributed by atoms with Gasteiger partial charge in [-0.25, -0.2) is 4.39 Å². The minimum atomic E-state index is -0.415. The second kappa shape index (κ2) is 5.02. The fraction of sp³-hybridized carbons (Fsp3) is 0.417. The van der Waals surface area contributed by atoms with E-state index in [0.717, 1.165) is 13.0 Å². The second-order valence-corrected chi connectivity index (χ2v) is 4.66. The van der Waals surface area contributed by atoms with Crippen molar-refractivity contribution in [3.8, 4) is 0 Å². The molecule has 1 aliphatic heterocycles. The molecule has 17 heavy (non-hydrogen) atoms. The average Bonchev–Trinajstić information content (AvgIpc) is 2.70. The third-order valence-electron chi connectivity index (χ3n) is 3.05. The molecule has 1 aromatic rings. The van der Waals surface area contributed by atoms with Crippen LogP contribution in [-0.4, -0.2) is 18.5 Å². The maximum atomic E-state index is 13.0. The highest BCUT2D eigenvalue weighted by Gasteiger charge is 2.29. The van der Waals surface area contributed by atoms with Crippen LogP contribution >= 0.6 is 11.6 Å². The first-order chi connectivity index (χ1) is 8.08. The number of benzene rings is 1. The number of hydrogen-bond acceptors (Lipinski definition) is 2. The van der Waals surface area contributed by atoms with Crippen molar-refractivity contribution in [1.82, 2.24) is 5.32 Å². The van der Waals surface area contributed by atoms with E-state index in [1.807, 2.05) is 6.92 Å². The highest BCUT2D eigenvalue weighted by Crippen LogP contribution is 2.24. The molecule has 2 rings (SSSR count). The Morgan fingerprint density at radius 1 is 1.59 bits per heavy atom. The van der Waals surface area contributed by atoms with Gasteiger partial charge in [0.15, 0.2) is 0 Å². The summed E-state index contributed by atoms with van der Waals surface area (Å²) in [6.07, 6.45) is 0.792. The highest BCUT2D eigenvalue weighted by atomic mass is 35.5. The van der Waals surface area contributed by atoms with Crippen molar-refractivity contribution < 1.29 is 9.18 Å². The van der Waals surface area contributed by atoms with E-state index >= 15 is 0 Å². The first kappa shape index (κ1) is 12.3. The summed E-state index contributed by atoms with van der Waals surface area (Å²) < 4.78 is 13.0. The lowest BCUT2D eigenvalue weighted by molar-refractivity contribution is -0.119. The van der Waals surface area contributed by atoms with E-state index in [4.69, 9.17) is 11.6 Å². The lowest BCUT2D eigenvalue weighted by Gasteiger charge is -2.15. The van der Waals surface area contributed by atoms with Crippen LogP contribution in [0.15, 0.2) is 18.2 Å². The molecule has 5 heteroatoms. The molecule has 0 saturated carbocycles. The van der Waals surface area contributed by atoms with E-state index in [2.05, 4.69) is 10.6 Å². The Labute approximate surface area is 104 Å². The number of carbonyl (C=O) groups is 1. The molecule has 1 aromatic carbocycles. The predicted octanol–water partition coefficient (Wildman–Crippen LogP) is 2.42. The number of amides is 1. The van der Waals surface area contributed by atoms with Crippen LogP contribution in [0.5, 0.6) is 0 Å². The number of anilines is 1. The van der Waals surface area contributed by atoms with Crippen molar-refractivity contribution in [1.29, 1.82) is 0 Å². The topological polar surface area (TPSA) is 41.1 Å². The number of nitrogens with one attached hydrogen (secondary N) is 2. The summed E-state index contributed by atoms with van der Waals surface area (Å²) in [7, 11) is 0. The fourth-order valence-electron chi connectivity index (χ4n) is 2.04. The normalized spacial score (nSPS) is 23.7. The lowest BCUT2D eigenvalue weighted by Crippen LogP contribution is -2.32. The lowest BCUT2D eigenvalue weighted by atomic mass is 10.0. The minimum absolute atomic E-state index is 0.0886. The third-order valence-corrected chi connectivity index (χ3v) is 3.38. The molecule has 0 radical (unpaired) electrons. The summed E-state index contributed by atoms with van der Waals surface area (Å²) in [6, 6.07) is 4.07. The van der Waals surface area contributed by atoms with E-state index in [-0.39, 0.29) is 17.9 Å². The Hall–Kier alpha value is -1.13. The molecule has 3 nitrogen and oxygen atoms in total. The fourth-order valence-corrected chi connectivity index (χ4v) is 2.20. The zero-order valence-electron chi connectivity index (χ0n) is 9.47. The standard InChI is InChI=1S/C12H14ClFN2O/c1-7-9(4-5-15-7)12(17)16-11-6-8(14)2-3-10(11)13/h2-3,6-7,9,15H,4-5H2,1H3,(H,16,17). The van der Waals surface area contributed by atoms with Gasteiger partial charge in [0.05, 0.1) is 16.6 Å². The number of carbonyl (C=O) groups excluding carboxylic acids is 1. The van der Waals surface area contributed by atoms with Gasteiger partial charge in [-0.1, -0.05) is 11.6 Å². The van der Waals surface area contributed by atoms with Crippen LogP contribution in [0, 0.1) is 11.7 Å². The molecule has 1 amide bonds. The van der Waals surface area contributed by atoms with Crippen molar-refractivity contribution in [2.45, 2.75) is 19.4 Å². The maximum Gasteiger partial charge on any atom is 0.229 e. The van der Waals surface area contributed by atoms with E-state index in [0.29, 0.717) is 10.7 Å². The number of rotatable bonds is 2. The molecule has 92 valence electrons. The largest absolute Gasteiger partial charge is 0.324 e. The van der Waals surface area contributed by atoms with Crippen molar-refractivity contribution in [3.63, 3.8) is 0 Å². The summed E-state index contributed by atoms with van der Waals surface area (Å²) in [6.45, 7) is 2.79. The summed E-state index contributed by atoms with van der Waals surface area (Å²) >= 11 is 5.89. The van der Waals surface area contributed by atoms with Gasteiger partial charge in [0.2, 0.25) is 5.91 Å². The van der Waals surface area contributed by atoms with Crippen molar-refractivity contribution in [2.24, 2.45) is 5.92 Å². The summed E-state index contributed by atoms with van der Waals surface area (Å²) in [4.78, 5) is 12.0. The van der Waals surface area contributed by atoms with Crippen molar-refractivity contribution in [2.75, 3.05) is 11.9 Å². The van der Waals surface area contributed by atoms with Crippen LogP contribution in [0.3, 0.4) is 0 Å². The first-order valence-electron chi connectivity index (χ1n) is 5.57. The van der Waals surface area contributed by atoms with Gasteiger partial charge in [-0.3, -0.25) is 4.79 Å². The van der Waals surface area contributed by atoms with Gasteiger partial charge in [0, 0.05) is 6.04 Å². The van der Waals surface area contributed by atoms with Gasteiger partial charge in [0.25, 0.3) is 0 Å². The molecule has 2 unspecified atom stereocenters. The van der Waals surface area contributed by atoms with Crippen LogP contribution in [0.25, 0.3) is 0 Å². The molecular formula is C12H14ClFN2O. The summed E-state index contributed by atoms with van der Waals surface area (Å²) in [5, 5.41) is 6.21. The smallest absolute Gasteiger partial charge is 0.229 e. The van der Waals surface area contributed by atoms with Gasteiger partial charge in [-0.15, -0.1) is 0 Å². The molecule has 2 N–H and O–H groups in total. The maximum absolute atomic E-state index is 13.0. The Balaban J connectivity index is 2.10. The number of halogens is 2. The molecule has 2 atom stereocenters. The summed E-state index contributed by atoms with van der Waals surface area (Å²) in [5.41, 5.74) is 0.329. The van der Waals surface area contributed by atoms with E-state index in [9.17, 15) is 9.18 Å². The number of hydrogen-bond donors (Lipinski definition) is 2. The molecule has 1 fully saturated rings. The predicted molar refractivity (Wildman–Crippen MR) is 65.6 cm³/mol. The third kappa shape index (κ3) is 2.76. The van der Waals surface area contributed by atoms with Crippen LogP contribution in [0.4, 0.5) is 10.1 Å². The zero-order valence-corrected chi connectivity index (χ0v) is 10.2. The Bertz CT molecular complexity index is 439. The van der Waals surface area contributed by atoms with Gasteiger partial charge in [-0.05, 0) is 38.1 Å². The SMILES string of the molecule is CC1NCCC1C(=O)Nc1cc(F)ccc1Cl. The van der Waals surface area contributed by atoms with Gasteiger partial charge < -0.3 is 10.6 Å². The van der Waals surface area contributed by atoms with E-state index in [1.165, 1.54) is 18.2 Å². The first-order valence-corrected chi connectivity index (χ1v) is 5.95. The van der Waals surface area contributed by atoms with Crippen LogP contribution in [-0.2, 0) is 4.79 Å². The summed E-state index contributed by atoms with van der Waals surface area (Å²) in [5.74, 6) is -0.619. The van der Waals surface area contributed by atoms with Gasteiger partial charge in [0.1, 0.15) is 5.82 Å². The Kier molecular flexibility index (Phi) is 3.64. The highest BCUT2D eigenvalue weighted by molar-refractivity contribution is 6.33. The van der Waals surface area contributed by atoms with Crippen molar-refractivity contribution >= 4 is 23.2 Å². The van der Waals surface area contributed by atoms with Gasteiger partial charge >= 0.3 is 0 Å². The molecule has 0 spiro atoms. The molecule has 0 bridgehead atoms. The quantitative estimate of drug-likeness (QED) is 0.853. The Morgan fingerprint density at radius 3 is 3.00 bits per heavy atom. The molecule has 0 aromatic heterocycles. The van der Waals surface area contributed by atoms with Gasteiger partial charge in [-0.2, -0.15) is 0 Å². The second-order valence-electron chi connectivity index (χ2n) is 4.25. The molecule has 0 aliphatic carbocycles. The Morgan fingerprint density at radius 2 is 2.35 bits per heavy atom. The van der Waals surface area contributed by atoms with E-state index < -0.39 is 5.82 Å². The van der Waals surface area contributed by atoms with Crippen LogP contribution in [0.1, 0.15) is 13.3 Å². The molecule has 1 aliphatic rings. The molecule has 1 saturated heterocycles. The van der Waals surface area contributed by atoms with Crippen molar-refractivity contribution in [3.05, 3.63) is 29.0 Å². The molecule has 1 heterocycles. The van der Waals surface area contributed by atoms with E-state index in [1.54, 1.807) is 0 Å². The average molecular weight is 257 g/mol. The van der Waals surface area contributed by atoms with Crippen LogP contribution < -0.4 is 10.6 Å². The molecular weight excluding hydrogens is 243 g/mol. The zero-order chi connectivity index (χ0) is 12.4. The minimum Gasteiger partial charge on any atom is -0.324 e.